The van der Waals surface area contributed by atoms with Crippen LogP contribution >= 0.6 is 0 Å². The maximum atomic E-state index is 13.3. The number of halogens is 1. The second kappa shape index (κ2) is 6.83. The van der Waals surface area contributed by atoms with Gasteiger partial charge in [-0.1, -0.05) is 12.1 Å². The normalized spacial score (nSPS) is 16.6. The molecular weight excluding hydrogens is 347 g/mol. The molecule has 1 fully saturated rings. The Kier molecular flexibility index (Phi) is 4.76. The number of nitrogens with zero attached hydrogens (tertiary/aromatic N) is 3. The molecule has 0 bridgehead atoms. The van der Waals surface area contributed by atoms with Gasteiger partial charge >= 0.3 is 6.03 Å². The van der Waals surface area contributed by atoms with Gasteiger partial charge in [0.15, 0.2) is 9.84 Å². The van der Waals surface area contributed by atoms with Gasteiger partial charge in [0, 0.05) is 18.7 Å². The minimum absolute atomic E-state index is 0.0258. The molecule has 7 nitrogen and oxygen atoms in total. The fourth-order valence-electron chi connectivity index (χ4n) is 2.67. The summed E-state index contributed by atoms with van der Waals surface area (Å²) in [5.74, 6) is 0.133. The van der Waals surface area contributed by atoms with E-state index in [0.29, 0.717) is 12.4 Å². The van der Waals surface area contributed by atoms with E-state index in [2.05, 4.69) is 10.4 Å². The van der Waals surface area contributed by atoms with E-state index >= 15 is 0 Å². The molecular formula is C16H19FN4O3S. The maximum Gasteiger partial charge on any atom is 0.323 e. The highest BCUT2D eigenvalue weighted by molar-refractivity contribution is 7.91. The zero-order valence-electron chi connectivity index (χ0n) is 13.8. The van der Waals surface area contributed by atoms with E-state index in [4.69, 9.17) is 0 Å². The van der Waals surface area contributed by atoms with Gasteiger partial charge in [-0.3, -0.25) is 5.32 Å². The topological polar surface area (TPSA) is 84.3 Å². The van der Waals surface area contributed by atoms with Crippen LogP contribution in [0.3, 0.4) is 0 Å². The van der Waals surface area contributed by atoms with Crippen molar-refractivity contribution in [2.24, 2.45) is 0 Å². The van der Waals surface area contributed by atoms with Crippen molar-refractivity contribution in [2.45, 2.75) is 13.5 Å². The molecule has 3 rings (SSSR count). The Morgan fingerprint density at radius 1 is 1.32 bits per heavy atom. The number of carbonyl (C=O) groups excluding carboxylic acids is 1. The highest BCUT2D eigenvalue weighted by Gasteiger charge is 2.26. The Bertz CT molecular complexity index is 881. The first-order chi connectivity index (χ1) is 11.8. The summed E-state index contributed by atoms with van der Waals surface area (Å²) in [6.45, 7) is 2.47. The molecule has 0 unspecified atom stereocenters. The highest BCUT2D eigenvalue weighted by Crippen LogP contribution is 2.17. The standard InChI is InChI=1S/C16H19FN4O3S/c1-12-10-18-21(11-13-3-2-4-14(17)9-13)15(12)19-16(22)20-5-7-25(23,24)8-6-20/h2-4,9-10H,5-8,11H2,1H3,(H,19,22). The van der Waals surface area contributed by atoms with Crippen LogP contribution in [0, 0.1) is 12.7 Å². The van der Waals surface area contributed by atoms with Gasteiger partial charge in [-0.15, -0.1) is 0 Å². The molecule has 9 heteroatoms. The smallest absolute Gasteiger partial charge is 0.322 e. The molecule has 0 spiro atoms. The van der Waals surface area contributed by atoms with Gasteiger partial charge in [0.25, 0.3) is 0 Å². The van der Waals surface area contributed by atoms with Crippen molar-refractivity contribution in [2.75, 3.05) is 29.9 Å². The minimum atomic E-state index is -3.05. The van der Waals surface area contributed by atoms with Crippen LogP contribution in [0.15, 0.2) is 30.5 Å². The Balaban J connectivity index is 1.72. The van der Waals surface area contributed by atoms with Crippen molar-refractivity contribution in [1.82, 2.24) is 14.7 Å². The molecule has 1 N–H and O–H groups in total. The van der Waals surface area contributed by atoms with Gasteiger partial charge in [-0.25, -0.2) is 22.3 Å². The molecule has 0 saturated carbocycles. The van der Waals surface area contributed by atoms with Gasteiger partial charge < -0.3 is 4.90 Å². The lowest BCUT2D eigenvalue weighted by Crippen LogP contribution is -2.45. The molecule has 0 atom stereocenters. The first-order valence-corrected chi connectivity index (χ1v) is 9.69. The van der Waals surface area contributed by atoms with Gasteiger partial charge in [0.05, 0.1) is 24.2 Å². The number of amides is 2. The fraction of sp³-hybridized carbons (Fsp3) is 0.375. The van der Waals surface area contributed by atoms with E-state index < -0.39 is 9.84 Å². The summed E-state index contributed by atoms with van der Waals surface area (Å²) in [6.07, 6.45) is 1.62. The summed E-state index contributed by atoms with van der Waals surface area (Å²) >= 11 is 0. The Hall–Kier alpha value is -2.42. The molecule has 2 aromatic rings. The number of benzene rings is 1. The number of aryl methyl sites for hydroxylation is 1. The number of aromatic nitrogens is 2. The van der Waals surface area contributed by atoms with Crippen molar-refractivity contribution in [1.29, 1.82) is 0 Å². The maximum absolute atomic E-state index is 13.3. The first kappa shape index (κ1) is 17.4. The van der Waals surface area contributed by atoms with E-state index in [1.807, 2.05) is 6.92 Å². The summed E-state index contributed by atoms with van der Waals surface area (Å²) in [5.41, 5.74) is 1.50. The van der Waals surface area contributed by atoms with Crippen LogP contribution in [0.5, 0.6) is 0 Å². The van der Waals surface area contributed by atoms with E-state index in [-0.39, 0.29) is 36.4 Å². The van der Waals surface area contributed by atoms with Crippen molar-refractivity contribution in [3.8, 4) is 0 Å². The SMILES string of the molecule is Cc1cnn(Cc2cccc(F)c2)c1NC(=O)N1CCS(=O)(=O)CC1. The highest BCUT2D eigenvalue weighted by atomic mass is 32.2. The molecule has 1 aromatic heterocycles. The monoisotopic (exact) mass is 366 g/mol. The number of hydrogen-bond donors (Lipinski definition) is 1. The van der Waals surface area contributed by atoms with Crippen LogP contribution in [-0.2, 0) is 16.4 Å². The predicted molar refractivity (Wildman–Crippen MR) is 91.7 cm³/mol. The van der Waals surface area contributed by atoms with Crippen LogP contribution in [0.25, 0.3) is 0 Å². The molecule has 134 valence electrons. The zero-order valence-corrected chi connectivity index (χ0v) is 14.6. The quantitative estimate of drug-likeness (QED) is 0.895. The third-order valence-corrected chi connectivity index (χ3v) is 5.71. The van der Waals surface area contributed by atoms with Gasteiger partial charge in [0.2, 0.25) is 0 Å². The average molecular weight is 366 g/mol. The molecule has 1 aliphatic rings. The number of sulfone groups is 1. The molecule has 0 aliphatic carbocycles. The Morgan fingerprint density at radius 2 is 2.04 bits per heavy atom. The van der Waals surface area contributed by atoms with Crippen molar-refractivity contribution >= 4 is 21.7 Å². The van der Waals surface area contributed by atoms with E-state index in [0.717, 1.165) is 11.1 Å². The Labute approximate surface area is 145 Å². The van der Waals surface area contributed by atoms with Crippen LogP contribution < -0.4 is 5.32 Å². The largest absolute Gasteiger partial charge is 0.323 e. The second-order valence-electron chi connectivity index (χ2n) is 6.03. The molecule has 1 saturated heterocycles. The first-order valence-electron chi connectivity index (χ1n) is 7.87. The summed E-state index contributed by atoms with van der Waals surface area (Å²) in [7, 11) is -3.05. The molecule has 25 heavy (non-hydrogen) atoms. The summed E-state index contributed by atoms with van der Waals surface area (Å²) in [6, 6.07) is 5.82. The van der Waals surface area contributed by atoms with Crippen molar-refractivity contribution in [3.05, 3.63) is 47.4 Å². The van der Waals surface area contributed by atoms with Crippen LogP contribution in [0.4, 0.5) is 15.0 Å². The van der Waals surface area contributed by atoms with Crippen LogP contribution in [-0.4, -0.2) is 53.7 Å². The lowest BCUT2D eigenvalue weighted by Gasteiger charge is -2.27. The fourth-order valence-corrected chi connectivity index (χ4v) is 3.87. The molecule has 1 aromatic carbocycles. The number of urea groups is 1. The number of rotatable bonds is 3. The third kappa shape index (κ3) is 4.16. The van der Waals surface area contributed by atoms with E-state index in [1.54, 1.807) is 23.0 Å². The molecule has 1 aliphatic heterocycles. The van der Waals surface area contributed by atoms with Gasteiger partial charge in [0.1, 0.15) is 11.6 Å². The summed E-state index contributed by atoms with van der Waals surface area (Å²) in [4.78, 5) is 13.9. The number of anilines is 1. The summed E-state index contributed by atoms with van der Waals surface area (Å²) in [5, 5.41) is 7.02. The van der Waals surface area contributed by atoms with Crippen molar-refractivity contribution in [3.63, 3.8) is 0 Å². The predicted octanol–water partition coefficient (Wildman–Crippen LogP) is 1.64. The second-order valence-corrected chi connectivity index (χ2v) is 8.34. The van der Waals surface area contributed by atoms with Gasteiger partial charge in [-0.05, 0) is 24.6 Å². The molecule has 0 radical (unpaired) electrons. The number of carbonyl (C=O) groups is 1. The van der Waals surface area contributed by atoms with Crippen LogP contribution in [0.1, 0.15) is 11.1 Å². The number of hydrogen-bond acceptors (Lipinski definition) is 4. The third-order valence-electron chi connectivity index (χ3n) is 4.10. The van der Waals surface area contributed by atoms with Crippen LogP contribution in [0.2, 0.25) is 0 Å². The molecule has 2 amide bonds. The van der Waals surface area contributed by atoms with Crippen molar-refractivity contribution < 1.29 is 17.6 Å². The summed E-state index contributed by atoms with van der Waals surface area (Å²) < 4.78 is 37.9. The Morgan fingerprint density at radius 3 is 2.72 bits per heavy atom. The zero-order chi connectivity index (χ0) is 18.0. The average Bonchev–Trinajstić information content (AvgIpc) is 2.88. The van der Waals surface area contributed by atoms with E-state index in [1.165, 1.54) is 17.0 Å². The lowest BCUT2D eigenvalue weighted by atomic mass is 10.2. The minimum Gasteiger partial charge on any atom is -0.322 e. The molecule has 2 heterocycles. The number of nitrogens with one attached hydrogen (secondary N) is 1. The van der Waals surface area contributed by atoms with E-state index in [9.17, 15) is 17.6 Å². The van der Waals surface area contributed by atoms with Gasteiger partial charge in [-0.2, -0.15) is 5.10 Å². The lowest BCUT2D eigenvalue weighted by molar-refractivity contribution is 0.216.